The van der Waals surface area contributed by atoms with Gasteiger partial charge in [0.25, 0.3) is 0 Å². The van der Waals surface area contributed by atoms with E-state index in [0.717, 1.165) is 112 Å². The number of benzene rings is 13. The van der Waals surface area contributed by atoms with Crippen LogP contribution in [0, 0.1) is 0 Å². The van der Waals surface area contributed by atoms with Crippen LogP contribution in [0.3, 0.4) is 0 Å². The Morgan fingerprint density at radius 1 is 0.171 bits per heavy atom. The molecule has 0 amide bonds. The monoisotopic (exact) mass is 1500 g/mol. The lowest BCUT2D eigenvalue weighted by molar-refractivity contribution is 0.660. The smallest absolute Gasteiger partial charge is 0.164 e. The Bertz CT molecular complexity index is 6110. The molecule has 19 aromatic rings. The van der Waals surface area contributed by atoms with E-state index in [1.807, 2.05) is 182 Å². The molecule has 6 heterocycles. The van der Waals surface area contributed by atoms with Gasteiger partial charge in [-0.25, -0.2) is 49.8 Å². The maximum Gasteiger partial charge on any atom is 0.164 e. The van der Waals surface area contributed by atoms with Crippen molar-refractivity contribution in [1.82, 2.24) is 59.8 Å². The summed E-state index contributed by atoms with van der Waals surface area (Å²) in [7, 11) is 0. The van der Waals surface area contributed by atoms with Crippen LogP contribution in [0.25, 0.3) is 181 Å². The highest BCUT2D eigenvalue weighted by molar-refractivity contribution is 5.87. The molecule has 0 aliphatic heterocycles. The Morgan fingerprint density at radius 2 is 0.487 bits per heavy atom. The average molecular weight is 1500 g/mol. The summed E-state index contributed by atoms with van der Waals surface area (Å²) in [5, 5.41) is 0. The zero-order valence-electron chi connectivity index (χ0n) is 64.1. The zero-order chi connectivity index (χ0) is 78.7. The standard InChI is InChI=1S/C41H30N4.2C32H22N4/c1-41(2)35-17-10-9-16-33(35)34-25-29(18-19-36(34)41)30-22-31(39-42-20-11-21-43-39)24-32(23-30)40-44-37(27-12-5-3-6-13-27)26-38(45-40)28-14-7-4-8-15-28;1-3-9-23(10-4-1)24-14-18-27(19-15-24)31-34-30(26-11-5-2-6-12-26)35-32(36-31)28-20-16-25(17-21-28)29-13-7-8-22-33-29;1-3-8-23(9-4-1)24-13-17-27(18-14-24)31-34-30(26-10-5-2-6-11-26)35-32(36-31)28-19-15-25(16-20-28)29-12-7-21-33-22-29/h3-26H,1-2H3;2*1-22H. The third-order valence-corrected chi connectivity index (χ3v) is 20.9. The van der Waals surface area contributed by atoms with Crippen molar-refractivity contribution in [2.45, 2.75) is 19.3 Å². The van der Waals surface area contributed by atoms with E-state index in [1.165, 1.54) is 33.4 Å². The van der Waals surface area contributed by atoms with Gasteiger partial charge in [0, 0.05) is 97.6 Å². The normalized spacial score (nSPS) is 11.6. The van der Waals surface area contributed by atoms with Crippen molar-refractivity contribution in [3.05, 3.63) is 424 Å². The molecule has 554 valence electrons. The van der Waals surface area contributed by atoms with Gasteiger partial charge in [0.15, 0.2) is 46.6 Å². The lowest BCUT2D eigenvalue weighted by Crippen LogP contribution is -2.14. The summed E-state index contributed by atoms with van der Waals surface area (Å²) in [5.41, 5.74) is 27.6. The molecule has 6 aromatic heterocycles. The molecule has 1 aliphatic rings. The van der Waals surface area contributed by atoms with Gasteiger partial charge in [0.1, 0.15) is 0 Å². The highest BCUT2D eigenvalue weighted by atomic mass is 15.0. The molecule has 0 N–H and O–H groups in total. The van der Waals surface area contributed by atoms with E-state index in [-0.39, 0.29) is 5.41 Å². The van der Waals surface area contributed by atoms with Gasteiger partial charge in [0.05, 0.1) is 17.1 Å². The summed E-state index contributed by atoms with van der Waals surface area (Å²) in [6.45, 7) is 4.62. The fourth-order valence-corrected chi connectivity index (χ4v) is 14.7. The summed E-state index contributed by atoms with van der Waals surface area (Å²) < 4.78 is 0. The number of nitrogens with zero attached hydrogens (tertiary/aromatic N) is 12. The predicted molar refractivity (Wildman–Crippen MR) is 472 cm³/mol. The van der Waals surface area contributed by atoms with Crippen LogP contribution in [0.1, 0.15) is 25.0 Å². The van der Waals surface area contributed by atoms with Crippen molar-refractivity contribution in [2.75, 3.05) is 0 Å². The fourth-order valence-electron chi connectivity index (χ4n) is 14.7. The molecule has 0 saturated heterocycles. The number of hydrogen-bond acceptors (Lipinski definition) is 12. The molecule has 0 saturated carbocycles. The first kappa shape index (κ1) is 72.9. The molecule has 1 aliphatic carbocycles. The lowest BCUT2D eigenvalue weighted by atomic mass is 9.82. The summed E-state index contributed by atoms with van der Waals surface area (Å²) in [4.78, 5) is 57.2. The SMILES string of the molecule is CC1(C)c2ccccc2-c2cc(-c3cc(-c4ncccn4)cc(-c4nc(-c5ccccc5)cc(-c5ccccc5)n4)c3)ccc21.c1ccc(-c2ccc(-c3nc(-c4ccccc4)nc(-c4ccc(-c5ccccn5)cc4)n3)cc2)cc1.c1ccc(-c2ccc(-c3nc(-c4ccccc4)nc(-c4ccc(-c5cccnc5)cc4)n3)cc2)cc1. The van der Waals surface area contributed by atoms with Crippen molar-refractivity contribution in [2.24, 2.45) is 0 Å². The first-order valence-electron chi connectivity index (χ1n) is 38.9. The highest BCUT2D eigenvalue weighted by Crippen LogP contribution is 2.50. The molecular formula is C105H74N12. The maximum absolute atomic E-state index is 5.12. The van der Waals surface area contributed by atoms with E-state index >= 15 is 0 Å². The molecule has 0 fully saturated rings. The number of pyridine rings is 2. The molecule has 0 radical (unpaired) electrons. The molecular weight excluding hydrogens is 1430 g/mol. The molecule has 117 heavy (non-hydrogen) atoms. The molecule has 0 bridgehead atoms. The van der Waals surface area contributed by atoms with E-state index in [2.05, 4.69) is 240 Å². The minimum absolute atomic E-state index is 0.0467. The summed E-state index contributed by atoms with van der Waals surface area (Å²) in [5.74, 6) is 5.19. The van der Waals surface area contributed by atoms with Crippen LogP contribution in [-0.4, -0.2) is 59.8 Å². The summed E-state index contributed by atoms with van der Waals surface area (Å²) in [6, 6.07) is 130. The van der Waals surface area contributed by atoms with Crippen molar-refractivity contribution in [1.29, 1.82) is 0 Å². The third-order valence-electron chi connectivity index (χ3n) is 20.9. The lowest BCUT2D eigenvalue weighted by Gasteiger charge is -2.21. The molecule has 12 heteroatoms. The third kappa shape index (κ3) is 16.3. The van der Waals surface area contributed by atoms with Gasteiger partial charge in [-0.05, 0) is 121 Å². The van der Waals surface area contributed by atoms with Crippen molar-refractivity contribution in [3.8, 4) is 181 Å². The molecule has 0 spiro atoms. The Morgan fingerprint density at radius 3 is 0.923 bits per heavy atom. The minimum atomic E-state index is -0.0467. The summed E-state index contributed by atoms with van der Waals surface area (Å²) in [6.07, 6.45) is 9.01. The van der Waals surface area contributed by atoms with Gasteiger partial charge in [0.2, 0.25) is 0 Å². The van der Waals surface area contributed by atoms with Gasteiger partial charge in [-0.15, -0.1) is 0 Å². The van der Waals surface area contributed by atoms with Crippen LogP contribution in [0.5, 0.6) is 0 Å². The number of fused-ring (bicyclic) bond motifs is 3. The quantitative estimate of drug-likeness (QED) is 0.0959. The van der Waals surface area contributed by atoms with Gasteiger partial charge in [-0.2, -0.15) is 0 Å². The first-order chi connectivity index (χ1) is 57.7. The second-order valence-electron chi connectivity index (χ2n) is 28.8. The Labute approximate surface area is 679 Å². The van der Waals surface area contributed by atoms with Crippen LogP contribution < -0.4 is 0 Å². The second kappa shape index (κ2) is 33.3. The zero-order valence-corrected chi connectivity index (χ0v) is 64.1. The summed E-state index contributed by atoms with van der Waals surface area (Å²) >= 11 is 0. The fraction of sp³-hybridized carbons (Fsp3) is 0.0286. The van der Waals surface area contributed by atoms with E-state index in [1.54, 1.807) is 24.8 Å². The maximum atomic E-state index is 5.12. The largest absolute Gasteiger partial charge is 0.264 e. The molecule has 20 rings (SSSR count). The number of aromatic nitrogens is 12. The van der Waals surface area contributed by atoms with Crippen molar-refractivity contribution >= 4 is 0 Å². The topological polar surface area (TPSA) is 155 Å². The van der Waals surface area contributed by atoms with Crippen molar-refractivity contribution in [3.63, 3.8) is 0 Å². The van der Waals surface area contributed by atoms with Crippen LogP contribution in [0.15, 0.2) is 413 Å². The molecule has 13 aromatic carbocycles. The van der Waals surface area contributed by atoms with Crippen LogP contribution in [0.4, 0.5) is 0 Å². The van der Waals surface area contributed by atoms with Gasteiger partial charge >= 0.3 is 0 Å². The Hall–Kier alpha value is -15.7. The Kier molecular flexibility index (Phi) is 20.8. The minimum Gasteiger partial charge on any atom is -0.264 e. The van der Waals surface area contributed by atoms with Crippen LogP contribution in [-0.2, 0) is 5.41 Å². The van der Waals surface area contributed by atoms with E-state index < -0.39 is 0 Å². The Balaban J connectivity index is 0.000000122. The van der Waals surface area contributed by atoms with Crippen molar-refractivity contribution < 1.29 is 0 Å². The van der Waals surface area contributed by atoms with E-state index in [9.17, 15) is 0 Å². The van der Waals surface area contributed by atoms with Crippen LogP contribution >= 0.6 is 0 Å². The predicted octanol–water partition coefficient (Wildman–Crippen LogP) is 25.1. The number of hydrogen-bond donors (Lipinski definition) is 0. The van der Waals surface area contributed by atoms with Gasteiger partial charge in [-0.3, -0.25) is 9.97 Å². The van der Waals surface area contributed by atoms with E-state index in [4.69, 9.17) is 39.9 Å². The first-order valence-corrected chi connectivity index (χ1v) is 38.9. The number of rotatable bonds is 15. The highest BCUT2D eigenvalue weighted by Gasteiger charge is 2.35. The molecule has 0 unspecified atom stereocenters. The average Bonchev–Trinajstić information content (AvgIpc) is 1.58. The molecule has 12 nitrogen and oxygen atoms in total. The van der Waals surface area contributed by atoms with Gasteiger partial charge in [-0.1, -0.05) is 341 Å². The molecule has 0 atom stereocenters. The second-order valence-corrected chi connectivity index (χ2v) is 28.8. The van der Waals surface area contributed by atoms with E-state index in [0.29, 0.717) is 46.6 Å². The van der Waals surface area contributed by atoms with Gasteiger partial charge < -0.3 is 0 Å². The van der Waals surface area contributed by atoms with Crippen LogP contribution in [0.2, 0.25) is 0 Å².